The average molecular weight is 479 g/mol. The maximum atomic E-state index is 12.7. The second-order valence-corrected chi connectivity index (χ2v) is 11.4. The quantitative estimate of drug-likeness (QED) is 0.619. The molecule has 4 aliphatic rings. The van der Waals surface area contributed by atoms with E-state index in [2.05, 4.69) is 21.9 Å². The molecule has 1 unspecified atom stereocenters. The van der Waals surface area contributed by atoms with E-state index < -0.39 is 20.4 Å². The van der Waals surface area contributed by atoms with Crippen LogP contribution in [-0.4, -0.2) is 50.5 Å². The second kappa shape index (κ2) is 9.34. The number of amides is 1. The molecule has 3 aliphatic heterocycles. The number of hydrogen-bond donors (Lipinski definition) is 1. The molecule has 5 atom stereocenters. The van der Waals surface area contributed by atoms with E-state index in [-0.39, 0.29) is 35.5 Å². The van der Waals surface area contributed by atoms with Gasteiger partial charge in [-0.15, -0.1) is 0 Å². The first kappa shape index (κ1) is 23.4. The fourth-order valence-electron chi connectivity index (χ4n) is 5.66. The summed E-state index contributed by atoms with van der Waals surface area (Å²) >= 11 is 0. The highest BCUT2D eigenvalue weighted by atomic mass is 31.2. The number of nitrogens with zero attached hydrogens (tertiary/aromatic N) is 3. The third kappa shape index (κ3) is 4.39. The number of carbonyl (C=O) groups is 1. The first-order chi connectivity index (χ1) is 15.9. The molecule has 182 valence electrons. The lowest BCUT2D eigenvalue weighted by Crippen LogP contribution is -2.39. The zero-order valence-electron chi connectivity index (χ0n) is 19.7. The van der Waals surface area contributed by atoms with Crippen molar-refractivity contribution in [1.29, 1.82) is 0 Å². The van der Waals surface area contributed by atoms with Gasteiger partial charge in [-0.1, -0.05) is 33.6 Å². The summed E-state index contributed by atoms with van der Waals surface area (Å²) in [5, 5.41) is 2.67. The van der Waals surface area contributed by atoms with Crippen LogP contribution in [0.1, 0.15) is 78.4 Å². The van der Waals surface area contributed by atoms with E-state index >= 15 is 0 Å². The molecule has 0 bridgehead atoms. The minimum absolute atomic E-state index is 0.0140. The van der Waals surface area contributed by atoms with Crippen LogP contribution in [0.5, 0.6) is 0 Å². The Morgan fingerprint density at radius 3 is 2.85 bits per heavy atom. The molecule has 4 fully saturated rings. The number of anilines is 1. The predicted molar refractivity (Wildman–Crippen MR) is 125 cm³/mol. The molecular formula is C23H35N4O5P. The molecule has 1 N–H and O–H groups in total. The largest absolute Gasteiger partial charge is 0.352 e. The van der Waals surface area contributed by atoms with Gasteiger partial charge < -0.3 is 19.1 Å². The average Bonchev–Trinajstić information content (AvgIpc) is 3.56. The normalized spacial score (nSPS) is 33.3. The van der Waals surface area contributed by atoms with Crippen LogP contribution in [0, 0.1) is 5.92 Å². The Morgan fingerprint density at radius 2 is 2.15 bits per heavy atom. The Kier molecular flexibility index (Phi) is 6.62. The number of ether oxygens (including phenoxy) is 1. The van der Waals surface area contributed by atoms with Crippen molar-refractivity contribution < 1.29 is 18.6 Å². The number of nitrogens with one attached hydrogen (secondary N) is 1. The summed E-state index contributed by atoms with van der Waals surface area (Å²) in [4.78, 5) is 28.6. The van der Waals surface area contributed by atoms with Crippen molar-refractivity contribution in [2.75, 3.05) is 11.9 Å². The standard InChI is InChI=1S/C23H35N4O5P/c1-4-16-17(31-33-27-12-7-8-18(27)23(32-33)10-5-6-11-23)14-20(30-16)26-13-9-19(25-22(26)29)24-21(28)15(2)3/h9,13,15-18,20H,4-8,10-12,14H2,1-3H3,(H,24,25,28,29)/t16-,17?,18+,20-,33+/m1/s1. The Morgan fingerprint density at radius 1 is 1.36 bits per heavy atom. The van der Waals surface area contributed by atoms with Crippen molar-refractivity contribution in [2.45, 2.75) is 102 Å². The lowest BCUT2D eigenvalue weighted by molar-refractivity contribution is -0.118. The lowest BCUT2D eigenvalue weighted by atomic mass is 9.91. The molecule has 1 aromatic heterocycles. The first-order valence-corrected chi connectivity index (χ1v) is 13.5. The van der Waals surface area contributed by atoms with Crippen LogP contribution in [-0.2, 0) is 18.6 Å². The van der Waals surface area contributed by atoms with Crippen LogP contribution < -0.4 is 11.0 Å². The van der Waals surface area contributed by atoms with Crippen molar-refractivity contribution in [3.8, 4) is 0 Å². The molecular weight excluding hydrogens is 443 g/mol. The SMILES string of the molecule is CC[C@H]1O[C@@H](n2ccc(NC(=O)C(C)C)nc2=O)CC1O[P@@]1OC2(CCCC2)[C@@H]2CCCN21. The number of hydrogen-bond acceptors (Lipinski definition) is 7. The highest BCUT2D eigenvalue weighted by Gasteiger charge is 2.58. The van der Waals surface area contributed by atoms with Gasteiger partial charge in [0.05, 0.1) is 17.8 Å². The van der Waals surface area contributed by atoms with Crippen molar-refractivity contribution in [3.05, 3.63) is 22.7 Å². The van der Waals surface area contributed by atoms with Gasteiger partial charge in [0.2, 0.25) is 5.91 Å². The van der Waals surface area contributed by atoms with E-state index in [0.29, 0.717) is 12.5 Å². The molecule has 1 saturated carbocycles. The van der Waals surface area contributed by atoms with E-state index in [1.807, 2.05) is 0 Å². The van der Waals surface area contributed by atoms with Gasteiger partial charge in [-0.2, -0.15) is 4.98 Å². The van der Waals surface area contributed by atoms with Gasteiger partial charge in [-0.05, 0) is 38.2 Å². The lowest BCUT2D eigenvalue weighted by Gasteiger charge is -2.27. The van der Waals surface area contributed by atoms with Gasteiger partial charge in [-0.25, -0.2) is 9.46 Å². The summed E-state index contributed by atoms with van der Waals surface area (Å²) in [6.45, 7) is 6.71. The van der Waals surface area contributed by atoms with E-state index in [1.165, 1.54) is 30.3 Å². The molecule has 9 nitrogen and oxygen atoms in total. The van der Waals surface area contributed by atoms with Gasteiger partial charge in [0.25, 0.3) is 8.53 Å². The summed E-state index contributed by atoms with van der Waals surface area (Å²) in [5.41, 5.74) is -0.454. The fraction of sp³-hybridized carbons (Fsp3) is 0.783. The van der Waals surface area contributed by atoms with Gasteiger partial charge in [0.15, 0.2) is 0 Å². The summed E-state index contributed by atoms with van der Waals surface area (Å²) in [6.07, 6.45) is 9.50. The Balaban J connectivity index is 1.28. The molecule has 1 spiro atoms. The Hall–Kier alpha value is -1.38. The van der Waals surface area contributed by atoms with Crippen LogP contribution in [0.15, 0.2) is 17.1 Å². The van der Waals surface area contributed by atoms with Crippen LogP contribution in [0.25, 0.3) is 0 Å². The van der Waals surface area contributed by atoms with Gasteiger partial charge in [0, 0.05) is 31.1 Å². The third-order valence-corrected chi connectivity index (χ3v) is 9.34. The molecule has 4 heterocycles. The van der Waals surface area contributed by atoms with Crippen LogP contribution in [0.4, 0.5) is 5.82 Å². The number of aromatic nitrogens is 2. The fourth-order valence-corrected chi connectivity index (χ4v) is 7.86. The number of rotatable bonds is 6. The summed E-state index contributed by atoms with van der Waals surface area (Å²) in [7, 11) is -1.10. The van der Waals surface area contributed by atoms with Crippen molar-refractivity contribution in [1.82, 2.24) is 14.2 Å². The van der Waals surface area contributed by atoms with Crippen molar-refractivity contribution >= 4 is 20.3 Å². The van der Waals surface area contributed by atoms with E-state index in [4.69, 9.17) is 13.8 Å². The zero-order valence-corrected chi connectivity index (χ0v) is 20.6. The van der Waals surface area contributed by atoms with Crippen molar-refractivity contribution in [2.24, 2.45) is 5.92 Å². The molecule has 3 saturated heterocycles. The second-order valence-electron chi connectivity index (χ2n) is 9.99. The van der Waals surface area contributed by atoms with Gasteiger partial charge in [0.1, 0.15) is 12.0 Å². The van der Waals surface area contributed by atoms with Gasteiger partial charge >= 0.3 is 5.69 Å². The zero-order chi connectivity index (χ0) is 23.2. The van der Waals surface area contributed by atoms with Gasteiger partial charge in [-0.3, -0.25) is 9.36 Å². The molecule has 1 aromatic rings. The molecule has 0 radical (unpaired) electrons. The highest BCUT2D eigenvalue weighted by Crippen LogP contribution is 2.64. The minimum atomic E-state index is -1.10. The van der Waals surface area contributed by atoms with E-state index in [0.717, 1.165) is 25.8 Å². The van der Waals surface area contributed by atoms with Crippen LogP contribution in [0.2, 0.25) is 0 Å². The molecule has 10 heteroatoms. The van der Waals surface area contributed by atoms with Crippen LogP contribution in [0.3, 0.4) is 0 Å². The van der Waals surface area contributed by atoms with Crippen molar-refractivity contribution in [3.63, 3.8) is 0 Å². The Labute approximate surface area is 196 Å². The molecule has 33 heavy (non-hydrogen) atoms. The summed E-state index contributed by atoms with van der Waals surface area (Å²) < 4.78 is 23.5. The monoisotopic (exact) mass is 478 g/mol. The number of fused-ring (bicyclic) bond motifs is 2. The molecule has 5 rings (SSSR count). The maximum absolute atomic E-state index is 12.7. The summed E-state index contributed by atoms with van der Waals surface area (Å²) in [5.74, 6) is -0.0955. The maximum Gasteiger partial charge on any atom is 0.351 e. The Bertz CT molecular complexity index is 934. The highest BCUT2D eigenvalue weighted by molar-refractivity contribution is 7.45. The number of carbonyl (C=O) groups excluding carboxylic acids is 1. The van der Waals surface area contributed by atoms with E-state index in [9.17, 15) is 9.59 Å². The van der Waals surface area contributed by atoms with E-state index in [1.54, 1.807) is 26.1 Å². The third-order valence-electron chi connectivity index (χ3n) is 7.48. The smallest absolute Gasteiger partial charge is 0.351 e. The minimum Gasteiger partial charge on any atom is -0.352 e. The van der Waals surface area contributed by atoms with Crippen LogP contribution >= 0.6 is 8.53 Å². The topological polar surface area (TPSA) is 94.9 Å². The first-order valence-electron chi connectivity index (χ1n) is 12.4. The predicted octanol–water partition coefficient (Wildman–Crippen LogP) is 3.95. The molecule has 1 aliphatic carbocycles. The molecule has 1 amide bonds. The summed E-state index contributed by atoms with van der Waals surface area (Å²) in [6, 6.07) is 2.13. The molecule has 0 aromatic carbocycles.